The van der Waals surface area contributed by atoms with E-state index in [1.807, 2.05) is 6.07 Å². The second-order valence-corrected chi connectivity index (χ2v) is 4.94. The Hall–Kier alpha value is -1.33. The second kappa shape index (κ2) is 5.84. The molecule has 0 bridgehead atoms. The molecule has 1 heterocycles. The fourth-order valence-electron chi connectivity index (χ4n) is 1.54. The van der Waals surface area contributed by atoms with Crippen LogP contribution >= 0.6 is 11.3 Å². The quantitative estimate of drug-likeness (QED) is 0.886. The molecule has 17 heavy (non-hydrogen) atoms. The van der Waals surface area contributed by atoms with Crippen molar-refractivity contribution in [1.82, 2.24) is 10.2 Å². The molecule has 0 aliphatic heterocycles. The lowest BCUT2D eigenvalue weighted by atomic mass is 10.1. The van der Waals surface area contributed by atoms with Gasteiger partial charge in [0, 0.05) is 12.8 Å². The van der Waals surface area contributed by atoms with Crippen LogP contribution in [-0.4, -0.2) is 16.7 Å². The van der Waals surface area contributed by atoms with E-state index in [-0.39, 0.29) is 5.82 Å². The first kappa shape index (κ1) is 12.1. The minimum Gasteiger partial charge on any atom is -0.330 e. The highest BCUT2D eigenvalue weighted by Gasteiger charge is 2.05. The van der Waals surface area contributed by atoms with Gasteiger partial charge in [-0.3, -0.25) is 0 Å². The fraction of sp³-hybridized carbons (Fsp3) is 0.333. The highest BCUT2D eigenvalue weighted by molar-refractivity contribution is 7.11. The predicted octanol–water partition coefficient (Wildman–Crippen LogP) is 2.16. The zero-order valence-electron chi connectivity index (χ0n) is 9.40. The number of aryl methyl sites for hydroxylation is 1. The number of rotatable bonds is 5. The molecular formula is C12H14FN3S. The van der Waals surface area contributed by atoms with E-state index >= 15 is 0 Å². The molecule has 5 heteroatoms. The zero-order chi connectivity index (χ0) is 12.1. The zero-order valence-corrected chi connectivity index (χ0v) is 10.2. The van der Waals surface area contributed by atoms with Crippen LogP contribution < -0.4 is 5.73 Å². The van der Waals surface area contributed by atoms with E-state index in [0.717, 1.165) is 28.4 Å². The smallest absolute Gasteiger partial charge is 0.123 e. The molecule has 1 aromatic carbocycles. The molecular weight excluding hydrogens is 237 g/mol. The van der Waals surface area contributed by atoms with E-state index in [1.165, 1.54) is 12.1 Å². The molecule has 0 amide bonds. The van der Waals surface area contributed by atoms with Gasteiger partial charge in [0.2, 0.25) is 0 Å². The fourth-order valence-corrected chi connectivity index (χ4v) is 2.46. The molecule has 2 rings (SSSR count). The average molecular weight is 251 g/mol. The molecule has 0 aliphatic rings. The van der Waals surface area contributed by atoms with Gasteiger partial charge in [-0.25, -0.2) is 4.39 Å². The molecule has 1 aromatic heterocycles. The van der Waals surface area contributed by atoms with Crippen molar-refractivity contribution in [3.63, 3.8) is 0 Å². The minimum absolute atomic E-state index is 0.213. The lowest BCUT2D eigenvalue weighted by molar-refractivity contribution is 0.626. The first-order valence-corrected chi connectivity index (χ1v) is 6.35. The van der Waals surface area contributed by atoms with E-state index in [9.17, 15) is 4.39 Å². The lowest BCUT2D eigenvalue weighted by Crippen LogP contribution is -1.99. The molecule has 0 aliphatic carbocycles. The van der Waals surface area contributed by atoms with Gasteiger partial charge in [0.25, 0.3) is 0 Å². The van der Waals surface area contributed by atoms with Crippen LogP contribution in [0.25, 0.3) is 0 Å². The number of hydrogen-bond acceptors (Lipinski definition) is 4. The first-order valence-electron chi connectivity index (χ1n) is 5.53. The largest absolute Gasteiger partial charge is 0.330 e. The summed E-state index contributed by atoms with van der Waals surface area (Å²) in [5, 5.41) is 10.1. The maximum atomic E-state index is 13.0. The summed E-state index contributed by atoms with van der Waals surface area (Å²) in [6.45, 7) is 0.665. The number of nitrogens with two attached hydrogens (primary N) is 1. The first-order chi connectivity index (χ1) is 8.28. The minimum atomic E-state index is -0.213. The SMILES string of the molecule is NCCCc1nnc(Cc2cccc(F)c2)s1. The van der Waals surface area contributed by atoms with Gasteiger partial charge in [-0.2, -0.15) is 0 Å². The summed E-state index contributed by atoms with van der Waals surface area (Å²) in [6.07, 6.45) is 2.43. The third-order valence-electron chi connectivity index (χ3n) is 2.35. The molecule has 0 saturated heterocycles. The lowest BCUT2D eigenvalue weighted by Gasteiger charge is -1.96. The van der Waals surface area contributed by atoms with Crippen LogP contribution in [0.4, 0.5) is 4.39 Å². The maximum absolute atomic E-state index is 13.0. The van der Waals surface area contributed by atoms with E-state index in [2.05, 4.69) is 10.2 Å². The number of aromatic nitrogens is 2. The molecule has 0 unspecified atom stereocenters. The Kier molecular flexibility index (Phi) is 4.17. The standard InChI is InChI=1S/C12H14FN3S/c13-10-4-1-3-9(7-10)8-12-16-15-11(17-12)5-2-6-14/h1,3-4,7H,2,5-6,8,14H2. The third kappa shape index (κ3) is 3.57. The highest BCUT2D eigenvalue weighted by Crippen LogP contribution is 2.16. The summed E-state index contributed by atoms with van der Waals surface area (Å²) in [6, 6.07) is 6.57. The normalized spacial score (nSPS) is 10.7. The van der Waals surface area contributed by atoms with Crippen LogP contribution in [0.1, 0.15) is 22.0 Å². The average Bonchev–Trinajstić information content (AvgIpc) is 2.74. The molecule has 2 N–H and O–H groups in total. The van der Waals surface area contributed by atoms with E-state index in [0.29, 0.717) is 13.0 Å². The molecule has 2 aromatic rings. The van der Waals surface area contributed by atoms with Crippen LogP contribution in [0.2, 0.25) is 0 Å². The van der Waals surface area contributed by atoms with Crippen molar-refractivity contribution in [2.75, 3.05) is 6.54 Å². The Morgan fingerprint density at radius 2 is 2.06 bits per heavy atom. The van der Waals surface area contributed by atoms with Crippen molar-refractivity contribution in [2.24, 2.45) is 5.73 Å². The van der Waals surface area contributed by atoms with Gasteiger partial charge in [0.05, 0.1) is 0 Å². The van der Waals surface area contributed by atoms with E-state index in [1.54, 1.807) is 17.4 Å². The highest BCUT2D eigenvalue weighted by atomic mass is 32.1. The van der Waals surface area contributed by atoms with E-state index < -0.39 is 0 Å². The van der Waals surface area contributed by atoms with Gasteiger partial charge in [0.15, 0.2) is 0 Å². The van der Waals surface area contributed by atoms with Crippen molar-refractivity contribution >= 4 is 11.3 Å². The van der Waals surface area contributed by atoms with Crippen LogP contribution in [-0.2, 0) is 12.8 Å². The molecule has 0 saturated carbocycles. The van der Waals surface area contributed by atoms with Gasteiger partial charge in [-0.1, -0.05) is 12.1 Å². The van der Waals surface area contributed by atoms with Gasteiger partial charge in [-0.05, 0) is 30.7 Å². The van der Waals surface area contributed by atoms with E-state index in [4.69, 9.17) is 5.73 Å². The van der Waals surface area contributed by atoms with Gasteiger partial charge in [0.1, 0.15) is 15.8 Å². The Bertz CT molecular complexity index is 484. The monoisotopic (exact) mass is 251 g/mol. The van der Waals surface area contributed by atoms with Gasteiger partial charge in [-0.15, -0.1) is 21.5 Å². The molecule has 0 fully saturated rings. The molecule has 0 spiro atoms. The summed E-state index contributed by atoms with van der Waals surface area (Å²) in [7, 11) is 0. The van der Waals surface area contributed by atoms with Crippen LogP contribution in [0.3, 0.4) is 0 Å². The number of nitrogens with zero attached hydrogens (tertiary/aromatic N) is 2. The van der Waals surface area contributed by atoms with Crippen molar-refractivity contribution in [3.05, 3.63) is 45.7 Å². The Balaban J connectivity index is 2.01. The molecule has 3 nitrogen and oxygen atoms in total. The van der Waals surface area contributed by atoms with Gasteiger partial charge < -0.3 is 5.73 Å². The second-order valence-electron chi connectivity index (χ2n) is 3.79. The topological polar surface area (TPSA) is 51.8 Å². The Morgan fingerprint density at radius 1 is 1.24 bits per heavy atom. The van der Waals surface area contributed by atoms with Crippen LogP contribution in [0.15, 0.2) is 24.3 Å². The van der Waals surface area contributed by atoms with Gasteiger partial charge >= 0.3 is 0 Å². The number of benzene rings is 1. The summed E-state index contributed by atoms with van der Waals surface area (Å²) < 4.78 is 13.0. The summed E-state index contributed by atoms with van der Waals surface area (Å²) in [5.74, 6) is -0.213. The Labute approximate surface area is 104 Å². The van der Waals surface area contributed by atoms with Crippen molar-refractivity contribution in [2.45, 2.75) is 19.3 Å². The summed E-state index contributed by atoms with van der Waals surface area (Å²) in [5.41, 5.74) is 6.36. The van der Waals surface area contributed by atoms with Crippen LogP contribution in [0, 0.1) is 5.82 Å². The number of halogens is 1. The maximum Gasteiger partial charge on any atom is 0.123 e. The van der Waals surface area contributed by atoms with Crippen molar-refractivity contribution in [3.8, 4) is 0 Å². The van der Waals surface area contributed by atoms with Crippen molar-refractivity contribution in [1.29, 1.82) is 0 Å². The molecule has 90 valence electrons. The van der Waals surface area contributed by atoms with Crippen LogP contribution in [0.5, 0.6) is 0 Å². The summed E-state index contributed by atoms with van der Waals surface area (Å²) in [4.78, 5) is 0. The third-order valence-corrected chi connectivity index (χ3v) is 3.33. The summed E-state index contributed by atoms with van der Waals surface area (Å²) >= 11 is 1.57. The number of hydrogen-bond donors (Lipinski definition) is 1. The Morgan fingerprint density at radius 3 is 2.82 bits per heavy atom. The molecule has 0 radical (unpaired) electrons. The predicted molar refractivity (Wildman–Crippen MR) is 66.5 cm³/mol. The van der Waals surface area contributed by atoms with Crippen molar-refractivity contribution < 1.29 is 4.39 Å². The molecule has 0 atom stereocenters.